The fourth-order valence-corrected chi connectivity index (χ4v) is 5.12. The highest BCUT2D eigenvalue weighted by Gasteiger charge is 2.35. The van der Waals surface area contributed by atoms with Crippen LogP contribution in [-0.4, -0.2) is 72.0 Å². The zero-order valence-electron chi connectivity index (χ0n) is 28.6. The van der Waals surface area contributed by atoms with Crippen LogP contribution in [0, 0.1) is 18.0 Å². The molecule has 2 aromatic carbocycles. The van der Waals surface area contributed by atoms with Gasteiger partial charge in [-0.25, -0.2) is 27.4 Å². The molecule has 0 saturated carbocycles. The molecule has 2 atom stereocenters. The molecule has 1 aromatic heterocycles. The first-order chi connectivity index (χ1) is 23.1. The molecule has 274 valence electrons. The number of rotatable bonds is 12. The van der Waals surface area contributed by atoms with Crippen molar-refractivity contribution in [1.29, 1.82) is 0 Å². The van der Waals surface area contributed by atoms with Crippen molar-refractivity contribution in [2.75, 3.05) is 13.7 Å². The van der Waals surface area contributed by atoms with Gasteiger partial charge in [0.05, 0.1) is 28.3 Å². The van der Waals surface area contributed by atoms with Gasteiger partial charge in [0.1, 0.15) is 18.2 Å². The SMILES string of the molecule is Cc1ccc(-c2cc(C(F)(F)F)nn2-c2ccc(S(=O)(=O)NC(=O)OC[C@H](C(C)C)N(C)/[N+]([O-])=N/OC(C)OC(=O)OC(C)(C)C)cc2)cc1. The molecule has 3 rings (SSSR count). The van der Waals surface area contributed by atoms with Crippen LogP contribution < -0.4 is 4.72 Å². The van der Waals surface area contributed by atoms with Crippen LogP contribution in [0.3, 0.4) is 0 Å². The van der Waals surface area contributed by atoms with Crippen molar-refractivity contribution >= 4 is 22.3 Å². The topological polar surface area (TPSA) is 177 Å². The molecule has 1 heterocycles. The van der Waals surface area contributed by atoms with E-state index in [9.17, 15) is 36.4 Å². The van der Waals surface area contributed by atoms with E-state index in [1.165, 1.54) is 26.1 Å². The number of hydrogen-bond donors (Lipinski definition) is 1. The van der Waals surface area contributed by atoms with Gasteiger partial charge in [0, 0.05) is 12.5 Å². The van der Waals surface area contributed by atoms with E-state index in [0.717, 1.165) is 33.5 Å². The van der Waals surface area contributed by atoms with Crippen molar-refractivity contribution < 1.29 is 55.2 Å². The Labute approximate surface area is 287 Å². The molecule has 1 unspecified atom stereocenters. The summed E-state index contributed by atoms with van der Waals surface area (Å²) in [6.07, 6.45) is -8.42. The van der Waals surface area contributed by atoms with Gasteiger partial charge in [-0.1, -0.05) is 43.7 Å². The average molecular weight is 729 g/mol. The van der Waals surface area contributed by atoms with Crippen molar-refractivity contribution in [2.24, 2.45) is 11.2 Å². The van der Waals surface area contributed by atoms with Gasteiger partial charge in [-0.05, 0) is 63.9 Å². The summed E-state index contributed by atoms with van der Waals surface area (Å²) in [7, 11) is -3.19. The van der Waals surface area contributed by atoms with Gasteiger partial charge >= 0.3 is 18.4 Å². The predicted molar refractivity (Wildman–Crippen MR) is 171 cm³/mol. The molecule has 0 fully saturated rings. The number of nitrogens with one attached hydrogen (secondary N) is 1. The summed E-state index contributed by atoms with van der Waals surface area (Å²) in [5.41, 5.74) is -0.355. The fourth-order valence-electron chi connectivity index (χ4n) is 4.23. The Hall–Kier alpha value is -5.07. The first kappa shape index (κ1) is 39.4. The lowest BCUT2D eigenvalue weighted by Gasteiger charge is -2.26. The molecule has 0 aliphatic carbocycles. The van der Waals surface area contributed by atoms with Crippen molar-refractivity contribution in [1.82, 2.24) is 19.5 Å². The third kappa shape index (κ3) is 11.0. The molecule has 0 aliphatic rings. The number of halogens is 3. The molecule has 0 spiro atoms. The van der Waals surface area contributed by atoms with Crippen LogP contribution in [-0.2, 0) is 35.2 Å². The second kappa shape index (κ2) is 15.6. The van der Waals surface area contributed by atoms with E-state index in [4.69, 9.17) is 19.0 Å². The number of hydrogen-bond acceptors (Lipinski definition) is 11. The molecule has 0 bridgehead atoms. The Balaban J connectivity index is 1.67. The minimum atomic E-state index is -4.73. The summed E-state index contributed by atoms with van der Waals surface area (Å²) in [6.45, 7) is 11.0. The third-order valence-corrected chi connectivity index (χ3v) is 8.11. The maximum absolute atomic E-state index is 13.5. The van der Waals surface area contributed by atoms with Crippen LogP contribution in [0.4, 0.5) is 22.8 Å². The number of alkyl halides is 3. The van der Waals surface area contributed by atoms with E-state index in [-0.39, 0.29) is 27.2 Å². The second-order valence-electron chi connectivity index (χ2n) is 12.4. The van der Waals surface area contributed by atoms with Gasteiger partial charge in [0.2, 0.25) is 5.28 Å². The van der Waals surface area contributed by atoms with Crippen LogP contribution in [0.2, 0.25) is 0 Å². The molecule has 0 saturated heterocycles. The first-order valence-electron chi connectivity index (χ1n) is 15.1. The largest absolute Gasteiger partial charge is 0.569 e. The van der Waals surface area contributed by atoms with E-state index in [1.54, 1.807) is 63.6 Å². The van der Waals surface area contributed by atoms with Gasteiger partial charge in [0.15, 0.2) is 5.69 Å². The number of likely N-dealkylation sites (N-methyl/N-ethyl adjacent to an activating group) is 1. The van der Waals surface area contributed by atoms with E-state index in [0.29, 0.717) is 5.56 Å². The Morgan fingerprint density at radius 3 is 2.20 bits per heavy atom. The van der Waals surface area contributed by atoms with E-state index >= 15 is 0 Å². The lowest BCUT2D eigenvalue weighted by molar-refractivity contribution is -0.716. The Kier molecular flexibility index (Phi) is 12.3. The van der Waals surface area contributed by atoms with Crippen LogP contribution in [0.1, 0.15) is 52.8 Å². The number of ether oxygens (including phenoxy) is 3. The minimum Gasteiger partial charge on any atom is -0.569 e. The smallest absolute Gasteiger partial charge is 0.511 e. The molecule has 19 heteroatoms. The summed E-state index contributed by atoms with van der Waals surface area (Å²) < 4.78 is 84.2. The van der Waals surface area contributed by atoms with Gasteiger partial charge in [0.25, 0.3) is 16.3 Å². The van der Waals surface area contributed by atoms with Crippen molar-refractivity contribution in [3.63, 3.8) is 0 Å². The van der Waals surface area contributed by atoms with Crippen molar-refractivity contribution in [3.05, 3.63) is 71.1 Å². The highest BCUT2D eigenvalue weighted by atomic mass is 32.2. The summed E-state index contributed by atoms with van der Waals surface area (Å²) in [5, 5.41) is 20.6. The number of hydrazine groups is 1. The molecule has 0 radical (unpaired) electrons. The quantitative estimate of drug-likeness (QED) is 0.0723. The van der Waals surface area contributed by atoms with Crippen LogP contribution in [0.15, 0.2) is 64.8 Å². The molecule has 1 N–H and O–H groups in total. The standard InChI is InChI=1S/C31H39F3N6O9S/c1-19(2)26(38(8)40(43)37-49-21(4)47-29(42)48-30(5,6)7)18-46-28(41)36-50(44,45)24-15-13-23(14-16-24)39-25(17-27(35-39)31(32,33)34)22-11-9-20(3)10-12-22/h9-17,19,21,26H,18H2,1-8H3,(H,36,41)/b40-37-/t21?,26-/m1/s1. The number of amides is 1. The Bertz CT molecular complexity index is 1770. The van der Waals surface area contributed by atoms with Crippen LogP contribution >= 0.6 is 0 Å². The van der Waals surface area contributed by atoms with Gasteiger partial charge in [-0.15, -0.1) is 5.01 Å². The molecular formula is C31H39F3N6O9S. The average Bonchev–Trinajstić information content (AvgIpc) is 3.45. The highest BCUT2D eigenvalue weighted by Crippen LogP contribution is 2.33. The second-order valence-corrected chi connectivity index (χ2v) is 14.0. The number of aromatic nitrogens is 2. The first-order valence-corrected chi connectivity index (χ1v) is 16.6. The number of benzene rings is 2. The maximum atomic E-state index is 13.5. The third-order valence-electron chi connectivity index (χ3n) is 6.78. The number of carbonyl (C=O) groups is 2. The lowest BCUT2D eigenvalue weighted by Crippen LogP contribution is -2.45. The molecule has 0 aliphatic heterocycles. The number of aryl methyl sites for hydroxylation is 1. The van der Waals surface area contributed by atoms with Crippen molar-refractivity contribution in [3.8, 4) is 16.9 Å². The Morgan fingerprint density at radius 1 is 1.06 bits per heavy atom. The zero-order chi connectivity index (χ0) is 37.6. The predicted octanol–water partition coefficient (Wildman–Crippen LogP) is 6.34. The van der Waals surface area contributed by atoms with Gasteiger partial charge in [-0.2, -0.15) is 18.3 Å². The lowest BCUT2D eigenvalue weighted by atomic mass is 10.1. The van der Waals surface area contributed by atoms with E-state index < -0.39 is 58.7 Å². The zero-order valence-corrected chi connectivity index (χ0v) is 29.4. The van der Waals surface area contributed by atoms with Crippen LogP contribution in [0.5, 0.6) is 0 Å². The molecule has 1 amide bonds. The van der Waals surface area contributed by atoms with Crippen LogP contribution in [0.25, 0.3) is 16.9 Å². The number of carbonyl (C=O) groups excluding carboxylic acids is 2. The molecule has 50 heavy (non-hydrogen) atoms. The highest BCUT2D eigenvalue weighted by molar-refractivity contribution is 7.90. The monoisotopic (exact) mass is 728 g/mol. The molecule has 3 aromatic rings. The van der Waals surface area contributed by atoms with E-state index in [1.807, 2.05) is 6.92 Å². The summed E-state index contributed by atoms with van der Waals surface area (Å²) in [4.78, 5) is 28.8. The number of sulfonamides is 1. The molecule has 15 nitrogen and oxygen atoms in total. The fraction of sp³-hybridized carbons (Fsp3) is 0.452. The minimum absolute atomic E-state index is 0.0285. The van der Waals surface area contributed by atoms with Gasteiger partial charge < -0.3 is 19.4 Å². The maximum Gasteiger partial charge on any atom is 0.511 e. The summed E-state index contributed by atoms with van der Waals surface area (Å²) in [5.74, 6) is -0.330. The Morgan fingerprint density at radius 2 is 1.66 bits per heavy atom. The summed E-state index contributed by atoms with van der Waals surface area (Å²) >= 11 is 0. The summed E-state index contributed by atoms with van der Waals surface area (Å²) in [6, 6.07) is 11.5. The van der Waals surface area contributed by atoms with Crippen molar-refractivity contribution in [2.45, 2.75) is 77.5 Å². The van der Waals surface area contributed by atoms with Gasteiger partial charge in [-0.3, -0.25) is 4.84 Å². The molecular weight excluding hydrogens is 689 g/mol. The normalized spacial score (nSPS) is 13.7. The van der Waals surface area contributed by atoms with E-state index in [2.05, 4.69) is 10.4 Å². The number of nitrogens with zero attached hydrogens (tertiary/aromatic N) is 5.